The second-order valence-electron chi connectivity index (χ2n) is 4.03. The van der Waals surface area contributed by atoms with Crippen LogP contribution in [0.3, 0.4) is 0 Å². The van der Waals surface area contributed by atoms with Crippen molar-refractivity contribution in [2.75, 3.05) is 13.2 Å². The Morgan fingerprint density at radius 2 is 2.33 bits per heavy atom. The van der Waals surface area contributed by atoms with Crippen molar-refractivity contribution in [3.8, 4) is 0 Å². The Labute approximate surface area is 112 Å². The molecule has 0 unspecified atom stereocenters. The molecule has 0 fully saturated rings. The van der Waals surface area contributed by atoms with Gasteiger partial charge in [0.15, 0.2) is 0 Å². The molecule has 2 aromatic heterocycles. The van der Waals surface area contributed by atoms with Gasteiger partial charge in [-0.25, -0.2) is 0 Å². The summed E-state index contributed by atoms with van der Waals surface area (Å²) in [5.41, 5.74) is 1.14. The van der Waals surface area contributed by atoms with Crippen LogP contribution < -0.4 is 5.32 Å². The molecule has 2 heterocycles. The Hall–Kier alpha value is -1.10. The van der Waals surface area contributed by atoms with E-state index < -0.39 is 0 Å². The average molecular weight is 265 g/mol. The van der Waals surface area contributed by atoms with Crippen LogP contribution in [0.25, 0.3) is 0 Å². The topological polar surface area (TPSA) is 34.4 Å². The van der Waals surface area contributed by atoms with Crippen molar-refractivity contribution in [2.24, 2.45) is 0 Å². The number of thiophene rings is 1. The molecule has 0 bridgehead atoms. The first-order valence-electron chi connectivity index (χ1n) is 6.26. The third kappa shape index (κ3) is 3.98. The average Bonchev–Trinajstić information content (AvgIpc) is 3.03. The Bertz CT molecular complexity index is 436. The summed E-state index contributed by atoms with van der Waals surface area (Å²) in [5.74, 6) is 0.980. The smallest absolute Gasteiger partial charge is 0.123 e. The number of ether oxygens (including phenoxy) is 1. The van der Waals surface area contributed by atoms with E-state index in [0.29, 0.717) is 6.61 Å². The molecule has 98 valence electrons. The minimum absolute atomic E-state index is 0.628. The van der Waals surface area contributed by atoms with Crippen LogP contribution >= 0.6 is 11.3 Å². The Morgan fingerprint density at radius 1 is 1.39 bits per heavy atom. The van der Waals surface area contributed by atoms with Gasteiger partial charge in [-0.05, 0) is 24.1 Å². The van der Waals surface area contributed by atoms with Gasteiger partial charge in [-0.15, -0.1) is 11.3 Å². The molecule has 0 aliphatic rings. The first-order chi connectivity index (χ1) is 8.90. The van der Waals surface area contributed by atoms with Crippen LogP contribution in [0.15, 0.2) is 34.3 Å². The van der Waals surface area contributed by atoms with Gasteiger partial charge in [-0.1, -0.05) is 13.0 Å². The van der Waals surface area contributed by atoms with Gasteiger partial charge in [0.1, 0.15) is 5.76 Å². The quantitative estimate of drug-likeness (QED) is 0.744. The summed E-state index contributed by atoms with van der Waals surface area (Å²) in [6, 6.07) is 6.20. The van der Waals surface area contributed by atoms with Crippen molar-refractivity contribution in [3.63, 3.8) is 0 Å². The summed E-state index contributed by atoms with van der Waals surface area (Å²) >= 11 is 1.78. The minimum atomic E-state index is 0.628. The Balaban J connectivity index is 1.71. The fourth-order valence-electron chi connectivity index (χ4n) is 1.70. The van der Waals surface area contributed by atoms with Crippen molar-refractivity contribution in [3.05, 3.63) is 46.0 Å². The molecular formula is C14H19NO2S. The van der Waals surface area contributed by atoms with E-state index >= 15 is 0 Å². The lowest BCUT2D eigenvalue weighted by molar-refractivity contribution is 0.123. The molecule has 0 radical (unpaired) electrons. The zero-order valence-electron chi connectivity index (χ0n) is 10.6. The molecular weight excluding hydrogens is 246 g/mol. The standard InChI is InChI=1S/C14H19NO2S/c1-2-15-10-14-12(5-8-17-14)11-16-7-6-13-4-3-9-18-13/h3-5,8-9,15H,2,6-7,10-11H2,1H3. The predicted molar refractivity (Wildman–Crippen MR) is 73.8 cm³/mol. The van der Waals surface area contributed by atoms with Gasteiger partial charge < -0.3 is 14.5 Å². The maximum atomic E-state index is 5.69. The molecule has 0 aliphatic carbocycles. The SMILES string of the molecule is CCNCc1occc1COCCc1cccs1. The molecule has 2 rings (SSSR count). The molecule has 18 heavy (non-hydrogen) atoms. The van der Waals surface area contributed by atoms with Crippen LogP contribution in [0.1, 0.15) is 23.1 Å². The fraction of sp³-hybridized carbons (Fsp3) is 0.429. The molecule has 0 amide bonds. The first-order valence-corrected chi connectivity index (χ1v) is 7.14. The lowest BCUT2D eigenvalue weighted by atomic mass is 10.2. The number of hydrogen-bond acceptors (Lipinski definition) is 4. The largest absolute Gasteiger partial charge is 0.468 e. The van der Waals surface area contributed by atoms with Crippen molar-refractivity contribution in [1.82, 2.24) is 5.32 Å². The van der Waals surface area contributed by atoms with Crippen LogP contribution in [-0.2, 0) is 24.3 Å². The second kappa shape index (κ2) is 7.36. The minimum Gasteiger partial charge on any atom is -0.468 e. The maximum absolute atomic E-state index is 5.69. The fourth-order valence-corrected chi connectivity index (χ4v) is 2.39. The summed E-state index contributed by atoms with van der Waals surface area (Å²) in [6.45, 7) is 5.18. The van der Waals surface area contributed by atoms with Crippen molar-refractivity contribution in [1.29, 1.82) is 0 Å². The molecule has 0 saturated heterocycles. The lowest BCUT2D eigenvalue weighted by Crippen LogP contribution is -2.12. The molecule has 0 aromatic carbocycles. The highest BCUT2D eigenvalue weighted by atomic mass is 32.1. The third-order valence-corrected chi connectivity index (χ3v) is 3.64. The second-order valence-corrected chi connectivity index (χ2v) is 5.06. The summed E-state index contributed by atoms with van der Waals surface area (Å²) in [5, 5.41) is 5.35. The summed E-state index contributed by atoms with van der Waals surface area (Å²) in [6.07, 6.45) is 2.71. The molecule has 0 saturated carbocycles. The third-order valence-electron chi connectivity index (χ3n) is 2.70. The van der Waals surface area contributed by atoms with E-state index in [4.69, 9.17) is 9.15 Å². The van der Waals surface area contributed by atoms with Gasteiger partial charge in [0.05, 0.1) is 26.0 Å². The molecule has 4 heteroatoms. The Kier molecular flexibility index (Phi) is 5.45. The van der Waals surface area contributed by atoms with Crippen LogP contribution in [0.2, 0.25) is 0 Å². The van der Waals surface area contributed by atoms with Gasteiger partial charge in [-0.2, -0.15) is 0 Å². The number of nitrogens with one attached hydrogen (secondary N) is 1. The van der Waals surface area contributed by atoms with Gasteiger partial charge in [0.25, 0.3) is 0 Å². The molecule has 0 aliphatic heterocycles. The zero-order chi connectivity index (χ0) is 12.6. The van der Waals surface area contributed by atoms with Crippen LogP contribution in [0.4, 0.5) is 0 Å². The highest BCUT2D eigenvalue weighted by molar-refractivity contribution is 7.09. The number of rotatable bonds is 8. The predicted octanol–water partition coefficient (Wildman–Crippen LogP) is 3.21. The van der Waals surface area contributed by atoms with E-state index in [2.05, 4.69) is 29.8 Å². The maximum Gasteiger partial charge on any atom is 0.123 e. The van der Waals surface area contributed by atoms with E-state index in [1.807, 2.05) is 6.07 Å². The summed E-state index contributed by atoms with van der Waals surface area (Å²) in [7, 11) is 0. The van der Waals surface area contributed by atoms with Gasteiger partial charge in [-0.3, -0.25) is 0 Å². The summed E-state index contributed by atoms with van der Waals surface area (Å²) < 4.78 is 11.1. The van der Waals surface area contributed by atoms with E-state index in [0.717, 1.165) is 37.4 Å². The highest BCUT2D eigenvalue weighted by Gasteiger charge is 2.05. The van der Waals surface area contributed by atoms with E-state index in [-0.39, 0.29) is 0 Å². The van der Waals surface area contributed by atoms with Crippen molar-refractivity contribution < 1.29 is 9.15 Å². The van der Waals surface area contributed by atoms with Crippen molar-refractivity contribution >= 4 is 11.3 Å². The molecule has 2 aromatic rings. The zero-order valence-corrected chi connectivity index (χ0v) is 11.5. The van der Waals surface area contributed by atoms with Crippen LogP contribution in [-0.4, -0.2) is 13.2 Å². The monoisotopic (exact) mass is 265 g/mol. The lowest BCUT2D eigenvalue weighted by Gasteiger charge is -2.04. The Morgan fingerprint density at radius 3 is 3.11 bits per heavy atom. The number of furan rings is 1. The van der Waals surface area contributed by atoms with E-state index in [1.54, 1.807) is 17.6 Å². The van der Waals surface area contributed by atoms with Gasteiger partial charge in [0.2, 0.25) is 0 Å². The van der Waals surface area contributed by atoms with Gasteiger partial charge in [0, 0.05) is 16.9 Å². The summed E-state index contributed by atoms with van der Waals surface area (Å²) in [4.78, 5) is 1.37. The first kappa shape index (κ1) is 13.3. The van der Waals surface area contributed by atoms with Gasteiger partial charge >= 0.3 is 0 Å². The molecule has 0 atom stereocenters. The normalized spacial score (nSPS) is 10.9. The van der Waals surface area contributed by atoms with E-state index in [1.165, 1.54) is 4.88 Å². The molecule has 0 spiro atoms. The van der Waals surface area contributed by atoms with E-state index in [9.17, 15) is 0 Å². The number of hydrogen-bond donors (Lipinski definition) is 1. The van der Waals surface area contributed by atoms with Crippen LogP contribution in [0.5, 0.6) is 0 Å². The molecule has 1 N–H and O–H groups in total. The van der Waals surface area contributed by atoms with Crippen LogP contribution in [0, 0.1) is 0 Å². The highest BCUT2D eigenvalue weighted by Crippen LogP contribution is 2.13. The molecule has 3 nitrogen and oxygen atoms in total. The van der Waals surface area contributed by atoms with Crippen molar-refractivity contribution in [2.45, 2.75) is 26.5 Å².